The van der Waals surface area contributed by atoms with Gasteiger partial charge in [0.05, 0.1) is 12.3 Å². The fraction of sp³-hybridized carbons (Fsp3) is 0.435. The van der Waals surface area contributed by atoms with Crippen molar-refractivity contribution >= 4 is 25.1 Å². The number of nitrogens with zero attached hydrogens (tertiary/aromatic N) is 3. The van der Waals surface area contributed by atoms with Gasteiger partial charge in [-0.15, -0.1) is 0 Å². The van der Waals surface area contributed by atoms with E-state index < -0.39 is 49.6 Å². The van der Waals surface area contributed by atoms with Crippen molar-refractivity contribution in [1.29, 1.82) is 0 Å². The van der Waals surface area contributed by atoms with Gasteiger partial charge in [-0.3, -0.25) is 9.32 Å². The van der Waals surface area contributed by atoms with Gasteiger partial charge in [0.1, 0.15) is 47.5 Å². The highest BCUT2D eigenvalue weighted by Gasteiger charge is 2.77. The third kappa shape index (κ3) is 4.14. The molecule has 3 heterocycles. The summed E-state index contributed by atoms with van der Waals surface area (Å²) in [6.07, 6.45) is -0.890. The second kappa shape index (κ2) is 9.13. The molecule has 7 atom stereocenters. The molecule has 36 heavy (non-hydrogen) atoms. The highest BCUT2D eigenvalue weighted by atomic mass is 31.2. The normalized spacial score (nSPS) is 29.3. The molecule has 12 nitrogen and oxygen atoms in total. The summed E-state index contributed by atoms with van der Waals surface area (Å²) in [4.78, 5) is 16.2. The number of benzene rings is 1. The zero-order chi connectivity index (χ0) is 25.7. The molecule has 192 valence electrons. The lowest BCUT2D eigenvalue weighted by Gasteiger charge is -2.27. The number of nitrogens with one attached hydrogen (secondary N) is 1. The van der Waals surface area contributed by atoms with Gasteiger partial charge in [-0.05, 0) is 38.1 Å². The number of hydrogen-bond acceptors (Lipinski definition) is 10. The number of nitrogens with two attached hydrogens (primary N) is 1. The molecule has 1 saturated carbocycles. The number of ether oxygens (including phenoxy) is 2. The van der Waals surface area contributed by atoms with Crippen molar-refractivity contribution in [2.45, 2.75) is 50.7 Å². The molecular weight excluding hydrogens is 489 g/mol. The monoisotopic (exact) mass is 517 g/mol. The summed E-state index contributed by atoms with van der Waals surface area (Å²) < 4.78 is 38.1. The van der Waals surface area contributed by atoms with Crippen LogP contribution in [0.4, 0.5) is 5.82 Å². The Morgan fingerprint density at radius 2 is 2.08 bits per heavy atom. The van der Waals surface area contributed by atoms with Crippen LogP contribution in [-0.4, -0.2) is 56.1 Å². The maximum atomic E-state index is 13.8. The molecule has 13 heteroatoms. The summed E-state index contributed by atoms with van der Waals surface area (Å²) >= 11 is 0. The molecule has 5 rings (SSSR count). The summed E-state index contributed by atoms with van der Waals surface area (Å²) in [6.45, 7) is 5.14. The Kier molecular flexibility index (Phi) is 6.26. The maximum Gasteiger partial charge on any atom is 0.459 e. The maximum absolute atomic E-state index is 13.8. The van der Waals surface area contributed by atoms with E-state index in [1.54, 1.807) is 47.8 Å². The molecule has 4 N–H and O–H groups in total. The molecular formula is C23H28N5O7P. The molecule has 0 amide bonds. The number of esters is 1. The second-order valence-electron chi connectivity index (χ2n) is 8.88. The average molecular weight is 517 g/mol. The molecule has 2 fully saturated rings. The van der Waals surface area contributed by atoms with Crippen molar-refractivity contribution in [2.75, 3.05) is 12.3 Å². The lowest BCUT2D eigenvalue weighted by atomic mass is 9.95. The van der Waals surface area contributed by atoms with Crippen molar-refractivity contribution in [3.63, 3.8) is 0 Å². The van der Waals surface area contributed by atoms with E-state index in [1.807, 2.05) is 13.0 Å². The van der Waals surface area contributed by atoms with E-state index in [2.05, 4.69) is 15.2 Å². The number of rotatable bonds is 9. The van der Waals surface area contributed by atoms with Gasteiger partial charge in [0, 0.05) is 5.92 Å². The van der Waals surface area contributed by atoms with Crippen molar-refractivity contribution in [2.24, 2.45) is 5.92 Å². The van der Waals surface area contributed by atoms with Crippen LogP contribution in [0.1, 0.15) is 32.6 Å². The van der Waals surface area contributed by atoms with Gasteiger partial charge in [-0.2, -0.15) is 10.2 Å². The summed E-state index contributed by atoms with van der Waals surface area (Å²) in [5, 5.41) is 18.3. The van der Waals surface area contributed by atoms with Gasteiger partial charge < -0.3 is 24.8 Å². The van der Waals surface area contributed by atoms with E-state index in [0.29, 0.717) is 17.0 Å². The summed E-state index contributed by atoms with van der Waals surface area (Å²) in [6, 6.07) is 11.0. The topological polar surface area (TPSA) is 160 Å². The number of carbonyl (C=O) groups is 1. The van der Waals surface area contributed by atoms with E-state index in [9.17, 15) is 14.5 Å². The van der Waals surface area contributed by atoms with Crippen LogP contribution in [0.15, 0.2) is 48.8 Å². The van der Waals surface area contributed by atoms with E-state index in [4.69, 9.17) is 24.3 Å². The molecule has 3 aromatic rings. The largest absolute Gasteiger partial charge is 0.465 e. The third-order valence-corrected chi connectivity index (χ3v) is 8.23. The quantitative estimate of drug-likeness (QED) is 0.282. The lowest BCUT2D eigenvalue weighted by molar-refractivity contribution is -0.144. The molecule has 2 aromatic heterocycles. The molecule has 1 aliphatic heterocycles. The number of hydrogen-bond donors (Lipinski definition) is 3. The SMILES string of the molecule is CCOC(=O)[C@H](C)NP(=O)(Oc1ccccc1)OC1[C@H]2O[C@@H](c3ccc4c(N)ncnn34)[C@@H](C)[C@@]12O. The minimum Gasteiger partial charge on any atom is -0.465 e. The first kappa shape index (κ1) is 24.7. The van der Waals surface area contributed by atoms with Crippen LogP contribution >= 0.6 is 7.75 Å². The van der Waals surface area contributed by atoms with E-state index in [0.717, 1.165) is 0 Å². The standard InChI is InChI=1S/C23H28N5O7P/c1-4-32-22(29)14(3)27-36(31,34-15-8-6-5-7-9-15)35-20-19-23(20,30)13(2)18(33-19)16-10-11-17-21(24)25-12-26-28(16)17/h5-14,18-20,30H,4H2,1-3H3,(H,27,31)(H2,24,25,26)/t13-,14+,18-,19-,20?,23+,36?/m1/s1. The van der Waals surface area contributed by atoms with Gasteiger partial charge >= 0.3 is 13.7 Å². The van der Waals surface area contributed by atoms with Gasteiger partial charge in [0.2, 0.25) is 0 Å². The average Bonchev–Trinajstić information content (AvgIpc) is 3.12. The Labute approximate surface area is 207 Å². The number of aliphatic hydroxyl groups is 1. The van der Waals surface area contributed by atoms with Crippen molar-refractivity contribution in [1.82, 2.24) is 19.7 Å². The van der Waals surface area contributed by atoms with Crippen LogP contribution in [0.25, 0.3) is 5.52 Å². The molecule has 1 saturated heterocycles. The zero-order valence-electron chi connectivity index (χ0n) is 20.0. The Morgan fingerprint density at radius 1 is 1.33 bits per heavy atom. The summed E-state index contributed by atoms with van der Waals surface area (Å²) in [5.74, 6) is -0.466. The van der Waals surface area contributed by atoms with E-state index in [-0.39, 0.29) is 12.4 Å². The van der Waals surface area contributed by atoms with Crippen LogP contribution in [0, 0.1) is 5.92 Å². The van der Waals surface area contributed by atoms with E-state index >= 15 is 0 Å². The van der Waals surface area contributed by atoms with E-state index in [1.165, 1.54) is 13.3 Å². The van der Waals surface area contributed by atoms with Gasteiger partial charge in [-0.25, -0.2) is 14.1 Å². The fourth-order valence-corrected chi connectivity index (χ4v) is 6.32. The highest BCUT2D eigenvalue weighted by Crippen LogP contribution is 2.64. The fourth-order valence-electron chi connectivity index (χ4n) is 4.61. The smallest absolute Gasteiger partial charge is 0.459 e. The second-order valence-corrected chi connectivity index (χ2v) is 10.5. The number of carbonyl (C=O) groups excluding carboxylic acids is 1. The van der Waals surface area contributed by atoms with Gasteiger partial charge in [0.15, 0.2) is 5.82 Å². The number of aromatic nitrogens is 3. The van der Waals surface area contributed by atoms with Crippen molar-refractivity contribution in [3.05, 3.63) is 54.5 Å². The van der Waals surface area contributed by atoms with Crippen LogP contribution < -0.4 is 15.3 Å². The number of anilines is 1. The zero-order valence-corrected chi connectivity index (χ0v) is 20.9. The number of fused-ring (bicyclic) bond motifs is 2. The molecule has 1 aliphatic carbocycles. The van der Waals surface area contributed by atoms with Crippen LogP contribution in [0.2, 0.25) is 0 Å². The predicted octanol–water partition coefficient (Wildman–Crippen LogP) is 2.25. The van der Waals surface area contributed by atoms with Crippen LogP contribution in [-0.2, 0) is 23.4 Å². The minimum absolute atomic E-state index is 0.164. The Bertz CT molecular complexity index is 1320. The predicted molar refractivity (Wildman–Crippen MR) is 128 cm³/mol. The van der Waals surface area contributed by atoms with Crippen LogP contribution in [0.3, 0.4) is 0 Å². The number of para-hydroxylation sites is 1. The highest BCUT2D eigenvalue weighted by molar-refractivity contribution is 7.52. The first-order valence-corrected chi connectivity index (χ1v) is 13.2. The molecule has 2 aliphatic rings. The first-order valence-electron chi connectivity index (χ1n) is 11.6. The summed E-state index contributed by atoms with van der Waals surface area (Å²) in [5.41, 5.74) is 5.82. The Morgan fingerprint density at radius 3 is 2.75 bits per heavy atom. The van der Waals surface area contributed by atoms with Crippen LogP contribution in [0.5, 0.6) is 5.75 Å². The number of nitrogen functional groups attached to an aromatic ring is 1. The Balaban J connectivity index is 1.36. The molecule has 0 spiro atoms. The summed E-state index contributed by atoms with van der Waals surface area (Å²) in [7, 11) is -4.15. The molecule has 0 radical (unpaired) electrons. The van der Waals surface area contributed by atoms with Gasteiger partial charge in [0.25, 0.3) is 0 Å². The minimum atomic E-state index is -4.15. The first-order chi connectivity index (χ1) is 17.2. The van der Waals surface area contributed by atoms with Crippen molar-refractivity contribution in [3.8, 4) is 5.75 Å². The third-order valence-electron chi connectivity index (χ3n) is 6.57. The van der Waals surface area contributed by atoms with Crippen molar-refractivity contribution < 1.29 is 33.0 Å². The molecule has 2 unspecified atom stereocenters. The van der Waals surface area contributed by atoms with Gasteiger partial charge in [-0.1, -0.05) is 25.1 Å². The lowest BCUT2D eigenvalue weighted by Crippen LogP contribution is -2.36. The molecule has 1 aromatic carbocycles. The molecule has 0 bridgehead atoms. The Hall–Kier alpha value is -3.02.